The molecule has 2 fully saturated rings. The molecule has 2 aromatic heterocycles. The van der Waals surface area contributed by atoms with Crippen molar-refractivity contribution in [2.45, 2.75) is 54.1 Å². The molecule has 0 spiro atoms. The molecular formula is C22H21F5N6O2S. The van der Waals surface area contributed by atoms with Crippen LogP contribution in [0.1, 0.15) is 53.5 Å². The Bertz CT molecular complexity index is 1300. The van der Waals surface area contributed by atoms with Gasteiger partial charge in [-0.15, -0.1) is 0 Å². The number of hydrogen-bond acceptors (Lipinski definition) is 7. The number of hydrogen-bond donors (Lipinski definition) is 2. The second-order valence-electron chi connectivity index (χ2n) is 8.93. The van der Waals surface area contributed by atoms with Crippen molar-refractivity contribution >= 4 is 29.3 Å². The van der Waals surface area contributed by atoms with Crippen LogP contribution in [0.5, 0.6) is 0 Å². The van der Waals surface area contributed by atoms with E-state index in [1.807, 2.05) is 4.98 Å². The van der Waals surface area contributed by atoms with E-state index in [1.165, 1.54) is 22.1 Å². The highest BCUT2D eigenvalue weighted by Crippen LogP contribution is 2.46. The predicted octanol–water partition coefficient (Wildman–Crippen LogP) is 3.88. The van der Waals surface area contributed by atoms with Gasteiger partial charge < -0.3 is 20.5 Å². The number of H-pyrrole nitrogens is 1. The molecule has 0 saturated carbocycles. The van der Waals surface area contributed by atoms with Crippen LogP contribution in [0.3, 0.4) is 0 Å². The van der Waals surface area contributed by atoms with Crippen molar-refractivity contribution in [3.05, 3.63) is 51.7 Å². The van der Waals surface area contributed by atoms with Gasteiger partial charge >= 0.3 is 6.18 Å². The molecule has 192 valence electrons. The van der Waals surface area contributed by atoms with Gasteiger partial charge in [-0.1, -0.05) is 11.8 Å². The number of nitrogens with two attached hydrogens (primary N) is 1. The number of carbonyl (C=O) groups is 1. The molecule has 3 aliphatic rings. The number of aromatic amines is 1. The molecule has 14 heteroatoms. The fraction of sp³-hybridized carbons (Fsp3) is 0.455. The summed E-state index contributed by atoms with van der Waals surface area (Å²) in [5, 5.41) is -0.511. The first-order valence-corrected chi connectivity index (χ1v) is 12.1. The second-order valence-corrected chi connectivity index (χ2v) is 10.2. The van der Waals surface area contributed by atoms with E-state index in [1.54, 1.807) is 0 Å². The van der Waals surface area contributed by atoms with Crippen molar-refractivity contribution < 1.29 is 26.7 Å². The molecule has 3 aliphatic heterocycles. The molecule has 5 heterocycles. The summed E-state index contributed by atoms with van der Waals surface area (Å²) >= 11 is 1.01. The van der Waals surface area contributed by atoms with E-state index >= 15 is 0 Å². The van der Waals surface area contributed by atoms with Gasteiger partial charge in [0.15, 0.2) is 5.96 Å². The third-order valence-electron chi connectivity index (χ3n) is 6.44. The zero-order valence-corrected chi connectivity index (χ0v) is 19.5. The first kappa shape index (κ1) is 24.5. The molecule has 8 nitrogen and oxygen atoms in total. The Morgan fingerprint density at radius 2 is 2.03 bits per heavy atom. The van der Waals surface area contributed by atoms with Crippen LogP contribution < -0.4 is 11.3 Å². The minimum absolute atomic E-state index is 0.0280. The molecule has 1 amide bonds. The monoisotopic (exact) mass is 528 g/mol. The lowest BCUT2D eigenvalue weighted by atomic mass is 10.0. The summed E-state index contributed by atoms with van der Waals surface area (Å²) in [4.78, 5) is 38.8. The summed E-state index contributed by atoms with van der Waals surface area (Å²) in [5.74, 6) is -3.44. The summed E-state index contributed by atoms with van der Waals surface area (Å²) in [6.07, 6.45) is -1.84. The van der Waals surface area contributed by atoms with Crippen molar-refractivity contribution in [3.63, 3.8) is 0 Å². The van der Waals surface area contributed by atoms with Gasteiger partial charge in [0.05, 0.1) is 34.7 Å². The normalized spacial score (nSPS) is 23.2. The van der Waals surface area contributed by atoms with Crippen LogP contribution in [-0.2, 0) is 6.18 Å². The highest BCUT2D eigenvalue weighted by molar-refractivity contribution is 7.99. The van der Waals surface area contributed by atoms with Crippen LogP contribution in [0.4, 0.5) is 27.6 Å². The number of likely N-dealkylation sites (tertiary alicyclic amines) is 1. The number of guanidine groups is 1. The maximum absolute atomic E-state index is 14.1. The fourth-order valence-electron chi connectivity index (χ4n) is 4.73. The molecule has 2 atom stereocenters. The molecule has 0 aliphatic carbocycles. The van der Waals surface area contributed by atoms with E-state index in [0.717, 1.165) is 30.3 Å². The lowest BCUT2D eigenvalue weighted by molar-refractivity contribution is -0.141. The average Bonchev–Trinajstić information content (AvgIpc) is 3.15. The minimum Gasteiger partial charge on any atom is -0.369 e. The molecule has 2 saturated heterocycles. The van der Waals surface area contributed by atoms with E-state index in [4.69, 9.17) is 5.73 Å². The van der Waals surface area contributed by atoms with Gasteiger partial charge in [0.25, 0.3) is 17.4 Å². The van der Waals surface area contributed by atoms with E-state index in [2.05, 4.69) is 9.98 Å². The highest BCUT2D eigenvalue weighted by atomic mass is 32.2. The second kappa shape index (κ2) is 8.75. The number of aromatic nitrogens is 2. The van der Waals surface area contributed by atoms with Crippen LogP contribution in [-0.4, -0.2) is 56.0 Å². The van der Waals surface area contributed by atoms with E-state index in [9.17, 15) is 31.5 Å². The Kier molecular flexibility index (Phi) is 5.96. The Morgan fingerprint density at radius 1 is 1.25 bits per heavy atom. The van der Waals surface area contributed by atoms with Gasteiger partial charge in [0, 0.05) is 18.5 Å². The van der Waals surface area contributed by atoms with Gasteiger partial charge in [-0.05, 0) is 37.5 Å². The smallest absolute Gasteiger partial charge is 0.369 e. The summed E-state index contributed by atoms with van der Waals surface area (Å²) < 4.78 is 66.9. The summed E-state index contributed by atoms with van der Waals surface area (Å²) in [6.45, 7) is -0.211. The first-order chi connectivity index (χ1) is 16.9. The van der Waals surface area contributed by atoms with Crippen LogP contribution in [0, 0.1) is 0 Å². The van der Waals surface area contributed by atoms with E-state index in [0.29, 0.717) is 30.6 Å². The van der Waals surface area contributed by atoms with Gasteiger partial charge in [-0.2, -0.15) is 13.2 Å². The third kappa shape index (κ3) is 4.53. The zero-order valence-electron chi connectivity index (χ0n) is 18.7. The van der Waals surface area contributed by atoms with Crippen LogP contribution in [0.15, 0.2) is 39.1 Å². The Hall–Kier alpha value is -3.16. The van der Waals surface area contributed by atoms with Crippen molar-refractivity contribution in [3.8, 4) is 0 Å². The molecule has 0 radical (unpaired) electrons. The lowest BCUT2D eigenvalue weighted by Crippen LogP contribution is -2.43. The van der Waals surface area contributed by atoms with Crippen molar-refractivity contribution in [2.75, 3.05) is 13.1 Å². The topological polar surface area (TPSA) is 108 Å². The number of nitrogens with one attached hydrogen (secondary N) is 1. The molecule has 1 unspecified atom stereocenters. The highest BCUT2D eigenvalue weighted by Gasteiger charge is 2.48. The number of alkyl halides is 5. The third-order valence-corrected chi connectivity index (χ3v) is 7.78. The van der Waals surface area contributed by atoms with Crippen LogP contribution >= 0.6 is 11.8 Å². The standard InChI is InChI=1S/C22H21F5N6O2S/c23-21(24)8-14-11-7-12(29-9-13(11)30-20(28)33(14)10-21)19(35)32-6-2-1-3-17(32)36-15-4-5-16(22(25,26)27)31-18(15)34/h4-5,7,9,14,17H,1-3,6,8,10H2,(H2,28,30)(H,31,34)/t14-,17?/m1/s1. The van der Waals surface area contributed by atoms with E-state index in [-0.39, 0.29) is 16.5 Å². The van der Waals surface area contributed by atoms with Crippen molar-refractivity contribution in [2.24, 2.45) is 10.7 Å². The number of rotatable bonds is 3. The molecule has 5 rings (SSSR count). The van der Waals surface area contributed by atoms with Gasteiger partial charge in [0.1, 0.15) is 11.4 Å². The zero-order chi connectivity index (χ0) is 25.8. The summed E-state index contributed by atoms with van der Waals surface area (Å²) in [6, 6.07) is 2.60. The Morgan fingerprint density at radius 3 is 2.75 bits per heavy atom. The number of thioether (sulfide) groups is 1. The number of fused-ring (bicyclic) bond motifs is 3. The fourth-order valence-corrected chi connectivity index (χ4v) is 5.94. The molecule has 2 aromatic rings. The van der Waals surface area contributed by atoms with Gasteiger partial charge in [-0.25, -0.2) is 18.8 Å². The number of piperidine rings is 1. The Labute approximate surface area is 205 Å². The summed E-state index contributed by atoms with van der Waals surface area (Å²) in [5.41, 5.74) is 4.60. The quantitative estimate of drug-likeness (QED) is 0.586. The number of carbonyl (C=O) groups excluding carboxylic acids is 1. The predicted molar refractivity (Wildman–Crippen MR) is 121 cm³/mol. The molecular weight excluding hydrogens is 507 g/mol. The average molecular weight is 529 g/mol. The number of aliphatic imine (C=N–C) groups is 1. The maximum atomic E-state index is 14.1. The molecule has 0 bridgehead atoms. The SMILES string of the molecule is NC1=Nc2cnc(C(=O)N3CCCCC3Sc3ccc(C(F)(F)F)[nH]c3=O)cc2[C@H]2CC(F)(F)CN12. The van der Waals surface area contributed by atoms with Gasteiger partial charge in [0.2, 0.25) is 0 Å². The minimum atomic E-state index is -4.68. The Balaban J connectivity index is 1.40. The van der Waals surface area contributed by atoms with Crippen LogP contribution in [0.25, 0.3) is 0 Å². The van der Waals surface area contributed by atoms with Crippen molar-refractivity contribution in [1.82, 2.24) is 19.8 Å². The van der Waals surface area contributed by atoms with Crippen molar-refractivity contribution in [1.29, 1.82) is 0 Å². The van der Waals surface area contributed by atoms with Gasteiger partial charge in [-0.3, -0.25) is 9.59 Å². The first-order valence-electron chi connectivity index (χ1n) is 11.2. The molecule has 36 heavy (non-hydrogen) atoms. The number of pyridine rings is 2. The molecule has 3 N–H and O–H groups in total. The summed E-state index contributed by atoms with van der Waals surface area (Å²) in [7, 11) is 0. The largest absolute Gasteiger partial charge is 0.431 e. The number of amides is 1. The maximum Gasteiger partial charge on any atom is 0.431 e. The lowest BCUT2D eigenvalue weighted by Gasteiger charge is -2.35. The van der Waals surface area contributed by atoms with E-state index < -0.39 is 53.6 Å². The van der Waals surface area contributed by atoms with Crippen LogP contribution in [0.2, 0.25) is 0 Å². The number of halogens is 5. The number of nitrogens with zero attached hydrogens (tertiary/aromatic N) is 4. The molecule has 0 aromatic carbocycles.